The number of carbonyl (C=O) groups is 1. The van der Waals surface area contributed by atoms with Crippen molar-refractivity contribution < 1.29 is 9.53 Å². The molecule has 0 saturated heterocycles. The topological polar surface area (TPSA) is 81.1 Å². The van der Waals surface area contributed by atoms with Gasteiger partial charge in [0.05, 0.1) is 6.04 Å². The predicted octanol–water partition coefficient (Wildman–Crippen LogP) is 2.70. The summed E-state index contributed by atoms with van der Waals surface area (Å²) in [7, 11) is 0. The van der Waals surface area contributed by atoms with Crippen molar-refractivity contribution >= 4 is 6.09 Å². The summed E-state index contributed by atoms with van der Waals surface area (Å²) in [6, 6.07) is 0.672. The highest BCUT2D eigenvalue weighted by atomic mass is 16.6. The number of aromatic nitrogens is 3. The zero-order chi connectivity index (χ0) is 18.0. The van der Waals surface area contributed by atoms with Crippen LogP contribution in [0.1, 0.15) is 70.6 Å². The maximum Gasteiger partial charge on any atom is 0.407 e. The third-order valence-corrected chi connectivity index (χ3v) is 4.96. The van der Waals surface area contributed by atoms with Crippen LogP contribution in [0, 0.1) is 12.8 Å². The molecule has 0 aromatic carbocycles. The van der Waals surface area contributed by atoms with Crippen molar-refractivity contribution in [3.05, 3.63) is 11.6 Å². The molecular formula is C18H31N5O2. The van der Waals surface area contributed by atoms with E-state index >= 15 is 0 Å². The Morgan fingerprint density at radius 1 is 1.28 bits per heavy atom. The highest BCUT2D eigenvalue weighted by molar-refractivity contribution is 5.67. The van der Waals surface area contributed by atoms with E-state index in [9.17, 15) is 4.79 Å². The number of nitrogens with zero attached hydrogens (tertiary/aromatic N) is 3. The Kier molecular flexibility index (Phi) is 5.32. The molecule has 7 nitrogen and oxygen atoms in total. The Balaban J connectivity index is 1.55. The summed E-state index contributed by atoms with van der Waals surface area (Å²) in [4.78, 5) is 16.5. The van der Waals surface area contributed by atoms with Crippen molar-refractivity contribution in [2.45, 2.75) is 84.0 Å². The minimum Gasteiger partial charge on any atom is -0.444 e. The minimum absolute atomic E-state index is 0.266. The van der Waals surface area contributed by atoms with Crippen LogP contribution < -0.4 is 10.6 Å². The molecule has 2 heterocycles. The molecule has 1 aliphatic heterocycles. The van der Waals surface area contributed by atoms with Gasteiger partial charge in [0.25, 0.3) is 0 Å². The number of rotatable bonds is 4. The molecule has 140 valence electrons. The first-order chi connectivity index (χ1) is 11.8. The first kappa shape index (κ1) is 18.2. The van der Waals surface area contributed by atoms with Crippen LogP contribution in [0.2, 0.25) is 0 Å². The van der Waals surface area contributed by atoms with Crippen molar-refractivity contribution in [1.29, 1.82) is 0 Å². The number of hydrogen-bond donors (Lipinski definition) is 2. The minimum atomic E-state index is -0.457. The van der Waals surface area contributed by atoms with E-state index in [-0.39, 0.29) is 12.1 Å². The molecule has 7 heteroatoms. The second-order valence-corrected chi connectivity index (χ2v) is 8.28. The normalized spacial score (nSPS) is 26.3. The molecule has 3 atom stereocenters. The lowest BCUT2D eigenvalue weighted by molar-refractivity contribution is 0.0517. The fraction of sp³-hybridized carbons (Fsp3) is 0.833. The molecule has 1 fully saturated rings. The van der Waals surface area contributed by atoms with E-state index in [2.05, 4.69) is 20.7 Å². The third kappa shape index (κ3) is 4.71. The third-order valence-electron chi connectivity index (χ3n) is 4.96. The Bertz CT molecular complexity index is 607. The van der Waals surface area contributed by atoms with E-state index in [1.807, 2.05) is 32.4 Å². The molecule has 1 aromatic heterocycles. The lowest BCUT2D eigenvalue weighted by atomic mass is 10.00. The van der Waals surface area contributed by atoms with E-state index in [4.69, 9.17) is 4.74 Å². The number of aryl methyl sites for hydroxylation is 2. The summed E-state index contributed by atoms with van der Waals surface area (Å²) in [6.07, 6.45) is 5.36. The van der Waals surface area contributed by atoms with E-state index in [1.165, 1.54) is 6.42 Å². The Morgan fingerprint density at radius 3 is 2.84 bits per heavy atom. The number of fused-ring (bicyclic) bond motifs is 1. The van der Waals surface area contributed by atoms with E-state index in [1.54, 1.807) is 0 Å². The second-order valence-electron chi connectivity index (χ2n) is 8.28. The summed E-state index contributed by atoms with van der Waals surface area (Å²) >= 11 is 0. The maximum atomic E-state index is 11.9. The van der Waals surface area contributed by atoms with Gasteiger partial charge >= 0.3 is 6.09 Å². The van der Waals surface area contributed by atoms with Gasteiger partial charge in [-0.15, -0.1) is 0 Å². The number of alkyl carbamates (subject to hydrolysis) is 1. The van der Waals surface area contributed by atoms with Gasteiger partial charge in [-0.25, -0.2) is 14.5 Å². The van der Waals surface area contributed by atoms with Gasteiger partial charge in [0.2, 0.25) is 0 Å². The molecule has 1 aliphatic carbocycles. The van der Waals surface area contributed by atoms with Crippen LogP contribution in [0.4, 0.5) is 4.79 Å². The number of amides is 1. The zero-order valence-electron chi connectivity index (χ0n) is 15.8. The fourth-order valence-electron chi connectivity index (χ4n) is 3.91. The summed E-state index contributed by atoms with van der Waals surface area (Å²) in [5.74, 6) is 2.35. The van der Waals surface area contributed by atoms with Crippen LogP contribution in [0.25, 0.3) is 0 Å². The maximum absolute atomic E-state index is 11.9. The number of nitrogens with one attached hydrogen (secondary N) is 2. The molecule has 2 N–H and O–H groups in total. The van der Waals surface area contributed by atoms with E-state index < -0.39 is 5.60 Å². The molecule has 2 aliphatic rings. The predicted molar refractivity (Wildman–Crippen MR) is 95.2 cm³/mol. The molecular weight excluding hydrogens is 318 g/mol. The van der Waals surface area contributed by atoms with Crippen molar-refractivity contribution in [3.63, 3.8) is 0 Å². The largest absolute Gasteiger partial charge is 0.444 e. The molecule has 0 spiro atoms. The second kappa shape index (κ2) is 7.32. The van der Waals surface area contributed by atoms with Crippen LogP contribution in [-0.4, -0.2) is 39.0 Å². The average Bonchev–Trinajstić information content (AvgIpc) is 3.09. The number of hydrogen-bond acceptors (Lipinski definition) is 5. The highest BCUT2D eigenvalue weighted by Crippen LogP contribution is 2.30. The van der Waals surface area contributed by atoms with Gasteiger partial charge in [-0.05, 0) is 59.3 Å². The first-order valence-corrected chi connectivity index (χ1v) is 9.46. The lowest BCUT2D eigenvalue weighted by Gasteiger charge is -2.29. The zero-order valence-corrected chi connectivity index (χ0v) is 15.8. The Labute approximate surface area is 149 Å². The van der Waals surface area contributed by atoms with Crippen molar-refractivity contribution in [3.8, 4) is 0 Å². The highest BCUT2D eigenvalue weighted by Gasteiger charge is 2.32. The van der Waals surface area contributed by atoms with Crippen molar-refractivity contribution in [2.24, 2.45) is 5.92 Å². The molecule has 1 aromatic rings. The number of ether oxygens (including phenoxy) is 1. The van der Waals surface area contributed by atoms with E-state index in [0.29, 0.717) is 18.5 Å². The molecule has 0 unspecified atom stereocenters. The lowest BCUT2D eigenvalue weighted by Crippen LogP contribution is -2.43. The quantitative estimate of drug-likeness (QED) is 0.873. The van der Waals surface area contributed by atoms with Gasteiger partial charge in [-0.3, -0.25) is 0 Å². The van der Waals surface area contributed by atoms with E-state index in [0.717, 1.165) is 43.9 Å². The van der Waals surface area contributed by atoms with Crippen molar-refractivity contribution in [1.82, 2.24) is 25.4 Å². The van der Waals surface area contributed by atoms with Gasteiger partial charge in [-0.2, -0.15) is 5.10 Å². The van der Waals surface area contributed by atoms with Gasteiger partial charge in [0, 0.05) is 19.1 Å². The van der Waals surface area contributed by atoms with Crippen molar-refractivity contribution in [2.75, 3.05) is 6.54 Å². The summed E-state index contributed by atoms with van der Waals surface area (Å²) in [5.41, 5.74) is -0.457. The molecule has 1 saturated carbocycles. The van der Waals surface area contributed by atoms with Crippen LogP contribution >= 0.6 is 0 Å². The summed E-state index contributed by atoms with van der Waals surface area (Å²) < 4.78 is 7.38. The SMILES string of the molecule is Cc1nc2n(n1)CCC[C@@H]2N[C@@H]1CCC[C@@H]1CNC(=O)OC(C)(C)C. The average molecular weight is 349 g/mol. The standard InChI is InChI=1S/C18H31N5O2/c1-12-20-16-15(9-6-10-23(16)22-12)21-14-8-5-7-13(14)11-19-17(24)25-18(2,3)4/h13-15,21H,5-11H2,1-4H3,(H,19,24)/t13-,14-,15+/m1/s1. The Morgan fingerprint density at radius 2 is 2.08 bits per heavy atom. The molecule has 0 radical (unpaired) electrons. The molecule has 1 amide bonds. The van der Waals surface area contributed by atoms with Gasteiger partial charge in [0.1, 0.15) is 17.2 Å². The molecule has 25 heavy (non-hydrogen) atoms. The van der Waals surface area contributed by atoms with Crippen LogP contribution in [0.5, 0.6) is 0 Å². The van der Waals surface area contributed by atoms with Crippen LogP contribution in [-0.2, 0) is 11.3 Å². The van der Waals surface area contributed by atoms with Gasteiger partial charge < -0.3 is 15.4 Å². The summed E-state index contributed by atoms with van der Waals surface area (Å²) in [6.45, 7) is 9.22. The molecule has 3 rings (SSSR count). The first-order valence-electron chi connectivity index (χ1n) is 9.46. The number of carbonyl (C=O) groups excluding carboxylic acids is 1. The van der Waals surface area contributed by atoms with Gasteiger partial charge in [0.15, 0.2) is 0 Å². The van der Waals surface area contributed by atoms with Crippen LogP contribution in [0.15, 0.2) is 0 Å². The monoisotopic (exact) mass is 349 g/mol. The van der Waals surface area contributed by atoms with Crippen LogP contribution in [0.3, 0.4) is 0 Å². The summed E-state index contributed by atoms with van der Waals surface area (Å²) in [5, 5.41) is 11.2. The molecule has 0 bridgehead atoms. The van der Waals surface area contributed by atoms with Gasteiger partial charge in [-0.1, -0.05) is 6.42 Å². The fourth-order valence-corrected chi connectivity index (χ4v) is 3.91. The Hall–Kier alpha value is -1.63. The smallest absolute Gasteiger partial charge is 0.407 e.